The van der Waals surface area contributed by atoms with Crippen molar-refractivity contribution in [1.29, 1.82) is 0 Å². The quantitative estimate of drug-likeness (QED) is 0.0512. The largest absolute Gasteiger partial charge is 0.424 e. The number of nitrogens with two attached hydrogens (primary N) is 1. The lowest BCUT2D eigenvalue weighted by molar-refractivity contribution is -0.121. The van der Waals surface area contributed by atoms with E-state index >= 15 is 0 Å². The molecule has 14 heteroatoms. The average molecular weight is 752 g/mol. The summed E-state index contributed by atoms with van der Waals surface area (Å²) in [6, 6.07) is 8.50. The Morgan fingerprint density at radius 3 is 2.06 bits per heavy atom. The molecule has 2 aromatic rings. The zero-order valence-electron chi connectivity index (χ0n) is 30.4. The number of nitrogens with zero attached hydrogens (tertiary/aromatic N) is 3. The monoisotopic (exact) mass is 751 g/mol. The van der Waals surface area contributed by atoms with Gasteiger partial charge in [-0.25, -0.2) is 14.2 Å². The highest BCUT2D eigenvalue weighted by Gasteiger charge is 2.45. The first-order chi connectivity index (χ1) is 25.7. The Hall–Kier alpha value is -4.39. The predicted molar refractivity (Wildman–Crippen MR) is 205 cm³/mol. The summed E-state index contributed by atoms with van der Waals surface area (Å²) in [7, 11) is -3.81. The molecule has 0 saturated carbocycles. The summed E-state index contributed by atoms with van der Waals surface area (Å²) in [5.41, 5.74) is 5.19. The second-order valence-corrected chi connectivity index (χ2v) is 14.3. The maximum Gasteiger partial charge on any atom is 0.379 e. The molecule has 1 saturated heterocycles. The van der Waals surface area contributed by atoms with Gasteiger partial charge >= 0.3 is 7.60 Å². The van der Waals surface area contributed by atoms with E-state index in [2.05, 4.69) is 83.1 Å². The van der Waals surface area contributed by atoms with Crippen molar-refractivity contribution < 1.29 is 38.2 Å². The number of allylic oxidation sites excluding steroid dienone is 12. The Morgan fingerprint density at radius 1 is 0.906 bits per heavy atom. The summed E-state index contributed by atoms with van der Waals surface area (Å²) in [4.78, 5) is 27.5. The SMILES string of the molecule is CC/C=C\C/C=C\C/C=C\C/C=C\C/C=C\C/C=C\CCC(=O)NCCCP(=O)(OCC1O[C@@H](n2cnc(C(N)=O)n2)[C@H](O)[C@@H]1O)Oc1ccccc1. The number of nitrogens with one attached hydrogen (secondary N) is 1. The number of para-hydroxylation sites is 1. The van der Waals surface area contributed by atoms with Crippen LogP contribution in [-0.2, 0) is 18.6 Å². The molecule has 5 N–H and O–H groups in total. The van der Waals surface area contributed by atoms with Crippen LogP contribution in [0, 0.1) is 0 Å². The van der Waals surface area contributed by atoms with Gasteiger partial charge in [-0.2, -0.15) is 0 Å². The lowest BCUT2D eigenvalue weighted by atomic mass is 10.1. The van der Waals surface area contributed by atoms with Crippen LogP contribution in [0.1, 0.15) is 81.6 Å². The van der Waals surface area contributed by atoms with E-state index < -0.39 is 38.0 Å². The number of aliphatic hydroxyl groups excluding tert-OH is 2. The van der Waals surface area contributed by atoms with Crippen LogP contribution in [0.15, 0.2) is 110 Å². The first-order valence-electron chi connectivity index (χ1n) is 18.1. The van der Waals surface area contributed by atoms with Crippen molar-refractivity contribution in [2.75, 3.05) is 19.3 Å². The third-order valence-electron chi connectivity index (χ3n) is 7.82. The van der Waals surface area contributed by atoms with Gasteiger partial charge in [0.1, 0.15) is 30.4 Å². The van der Waals surface area contributed by atoms with Gasteiger partial charge in [-0.1, -0.05) is 98.0 Å². The fourth-order valence-corrected chi connectivity index (χ4v) is 6.64. The number of carbonyl (C=O) groups is 2. The lowest BCUT2D eigenvalue weighted by Crippen LogP contribution is -2.34. The minimum atomic E-state index is -3.81. The maximum atomic E-state index is 13.8. The lowest BCUT2D eigenvalue weighted by Gasteiger charge is -2.22. The summed E-state index contributed by atoms with van der Waals surface area (Å²) in [6.07, 6.45) is 28.5. The number of benzene rings is 1. The van der Waals surface area contributed by atoms with Gasteiger partial charge in [0.25, 0.3) is 5.91 Å². The molecule has 13 nitrogen and oxygen atoms in total. The number of primary amides is 1. The van der Waals surface area contributed by atoms with E-state index in [9.17, 15) is 24.4 Å². The van der Waals surface area contributed by atoms with E-state index in [1.165, 1.54) is 0 Å². The Bertz CT molecular complexity index is 1600. The smallest absolute Gasteiger partial charge is 0.379 e. The van der Waals surface area contributed by atoms with Gasteiger partial charge in [0.15, 0.2) is 6.23 Å². The molecule has 5 atom stereocenters. The Balaban J connectivity index is 1.33. The van der Waals surface area contributed by atoms with Crippen molar-refractivity contribution in [3.05, 3.63) is 115 Å². The molecule has 288 valence electrons. The van der Waals surface area contributed by atoms with Gasteiger partial charge in [0.2, 0.25) is 11.7 Å². The maximum absolute atomic E-state index is 13.8. The first kappa shape index (κ1) is 43.0. The van der Waals surface area contributed by atoms with Gasteiger partial charge in [-0.05, 0) is 63.5 Å². The molecule has 0 spiro atoms. The molecule has 2 heterocycles. The topological polar surface area (TPSA) is 188 Å². The molecule has 0 bridgehead atoms. The Morgan fingerprint density at radius 2 is 1.49 bits per heavy atom. The van der Waals surface area contributed by atoms with Gasteiger partial charge in [0, 0.05) is 13.0 Å². The van der Waals surface area contributed by atoms with Crippen molar-refractivity contribution in [1.82, 2.24) is 20.1 Å². The molecular formula is C39H54N5O8P. The predicted octanol–water partition coefficient (Wildman–Crippen LogP) is 6.27. The van der Waals surface area contributed by atoms with E-state index in [0.717, 1.165) is 49.5 Å². The fraction of sp³-hybridized carbons (Fsp3) is 0.436. The molecule has 1 aromatic heterocycles. The molecule has 53 heavy (non-hydrogen) atoms. The Kier molecular flexibility index (Phi) is 20.1. The molecule has 1 aliphatic heterocycles. The van der Waals surface area contributed by atoms with E-state index in [1.807, 2.05) is 12.2 Å². The van der Waals surface area contributed by atoms with Gasteiger partial charge in [0.05, 0.1) is 12.8 Å². The molecule has 2 unspecified atom stereocenters. The van der Waals surface area contributed by atoms with Crippen molar-refractivity contribution in [2.45, 2.75) is 89.3 Å². The van der Waals surface area contributed by atoms with Crippen LogP contribution in [0.25, 0.3) is 0 Å². The van der Waals surface area contributed by atoms with Crippen LogP contribution >= 0.6 is 7.60 Å². The van der Waals surface area contributed by atoms with Gasteiger partial charge < -0.3 is 30.5 Å². The summed E-state index contributed by atoms with van der Waals surface area (Å²) in [6.45, 7) is 2.01. The summed E-state index contributed by atoms with van der Waals surface area (Å²) >= 11 is 0. The third-order valence-corrected chi connectivity index (χ3v) is 9.71. The highest BCUT2D eigenvalue weighted by molar-refractivity contribution is 7.54. The number of rotatable bonds is 25. The molecule has 2 amide bonds. The summed E-state index contributed by atoms with van der Waals surface area (Å²) in [5, 5.41) is 27.8. The number of carbonyl (C=O) groups excluding carboxylic acids is 2. The van der Waals surface area contributed by atoms with E-state index in [4.69, 9.17) is 19.5 Å². The number of ether oxygens (including phenoxy) is 1. The molecule has 1 aromatic carbocycles. The van der Waals surface area contributed by atoms with Crippen LogP contribution in [0.5, 0.6) is 5.75 Å². The molecular weight excluding hydrogens is 697 g/mol. The van der Waals surface area contributed by atoms with Crippen LogP contribution in [0.4, 0.5) is 0 Å². The Labute approximate surface area is 312 Å². The van der Waals surface area contributed by atoms with Crippen LogP contribution in [0.3, 0.4) is 0 Å². The summed E-state index contributed by atoms with van der Waals surface area (Å²) in [5.74, 6) is -0.948. The van der Waals surface area contributed by atoms with Crippen LogP contribution < -0.4 is 15.6 Å². The van der Waals surface area contributed by atoms with E-state index in [-0.39, 0.29) is 31.0 Å². The van der Waals surface area contributed by atoms with Gasteiger partial charge in [-0.3, -0.25) is 14.1 Å². The number of hydrogen-bond donors (Lipinski definition) is 4. The highest BCUT2D eigenvalue weighted by atomic mass is 31.2. The molecule has 1 fully saturated rings. The van der Waals surface area contributed by atoms with Crippen LogP contribution in [-0.4, -0.2) is 74.4 Å². The standard InChI is InChI=1S/C39H54N5O8P/c1-2-3-4-5-6-7-8-9-10-11-12-13-14-15-16-17-18-19-23-27-34(45)41-28-24-29-53(49,52-32-25-21-20-22-26-32)50-30-33-35(46)36(47)39(51-33)44-31-42-38(43-44)37(40)48/h3-4,6-7,9-10,12-13,15-16,18-22,25-26,31,33,35-36,39,46-47H,2,5,8,11,14,17,23-24,27-30H2,1H3,(H2,40,48)(H,41,45)/b4-3-,7-6-,10-9-,13-12-,16-15-,19-18-/t33?,35-,36-,39-,53?/m1/s1. The van der Waals surface area contributed by atoms with E-state index in [1.54, 1.807) is 30.3 Å². The second-order valence-electron chi connectivity index (χ2n) is 12.2. The van der Waals surface area contributed by atoms with E-state index in [0.29, 0.717) is 25.0 Å². The average Bonchev–Trinajstić information content (AvgIpc) is 3.75. The van der Waals surface area contributed by atoms with Crippen molar-refractivity contribution in [2.24, 2.45) is 5.73 Å². The normalized spacial score (nSPS) is 20.5. The second kappa shape index (κ2) is 24.8. The zero-order chi connectivity index (χ0) is 38.2. The minimum absolute atomic E-state index is 0.0326. The zero-order valence-corrected chi connectivity index (χ0v) is 31.3. The molecule has 3 rings (SSSR count). The van der Waals surface area contributed by atoms with Crippen LogP contribution in [0.2, 0.25) is 0 Å². The number of amides is 2. The third kappa shape index (κ3) is 16.9. The first-order valence-corrected chi connectivity index (χ1v) is 19.8. The number of aromatic nitrogens is 3. The van der Waals surface area contributed by atoms with Gasteiger partial charge in [-0.15, -0.1) is 5.10 Å². The van der Waals surface area contributed by atoms with Crippen molar-refractivity contribution in [3.63, 3.8) is 0 Å². The number of hydrogen-bond acceptors (Lipinski definition) is 10. The molecule has 0 aliphatic carbocycles. The summed E-state index contributed by atoms with van der Waals surface area (Å²) < 4.78 is 32.1. The van der Waals surface area contributed by atoms with Crippen molar-refractivity contribution in [3.8, 4) is 5.75 Å². The number of aliphatic hydroxyl groups is 2. The van der Waals surface area contributed by atoms with Crippen molar-refractivity contribution >= 4 is 19.4 Å². The molecule has 0 radical (unpaired) electrons. The fourth-order valence-electron chi connectivity index (χ4n) is 5.00. The molecule has 1 aliphatic rings. The minimum Gasteiger partial charge on any atom is -0.424 e. The highest BCUT2D eigenvalue weighted by Crippen LogP contribution is 2.49.